The Kier molecular flexibility index (Phi) is 2.24. The predicted molar refractivity (Wildman–Crippen MR) is 63.1 cm³/mol. The molecule has 16 heavy (non-hydrogen) atoms. The van der Waals surface area contributed by atoms with Crippen molar-refractivity contribution in [2.45, 2.75) is 32.2 Å². The van der Waals surface area contributed by atoms with E-state index in [9.17, 15) is 0 Å². The third kappa shape index (κ3) is 1.43. The summed E-state index contributed by atoms with van der Waals surface area (Å²) in [5.74, 6) is 1.72. The zero-order chi connectivity index (χ0) is 11.0. The van der Waals surface area contributed by atoms with E-state index in [1.807, 2.05) is 30.7 Å². The van der Waals surface area contributed by atoms with Crippen LogP contribution in [0.15, 0.2) is 30.7 Å². The summed E-state index contributed by atoms with van der Waals surface area (Å²) in [6.07, 6.45) is 8.20. The quantitative estimate of drug-likeness (QED) is 0.729. The topological polar surface area (TPSA) is 30.7 Å². The Morgan fingerprint density at radius 3 is 2.94 bits per heavy atom. The van der Waals surface area contributed by atoms with E-state index in [2.05, 4.69) is 21.5 Å². The number of rotatable bonds is 1. The van der Waals surface area contributed by atoms with E-state index >= 15 is 0 Å². The van der Waals surface area contributed by atoms with E-state index in [0.717, 1.165) is 17.9 Å². The maximum Gasteiger partial charge on any atom is 0.140 e. The largest absolute Gasteiger partial charge is 0.328 e. The summed E-state index contributed by atoms with van der Waals surface area (Å²) >= 11 is 0. The van der Waals surface area contributed by atoms with Gasteiger partial charge in [-0.15, -0.1) is 0 Å². The van der Waals surface area contributed by atoms with Gasteiger partial charge in [-0.25, -0.2) is 4.98 Å². The molecule has 3 heteroatoms. The molecule has 1 aliphatic rings. The van der Waals surface area contributed by atoms with Crippen molar-refractivity contribution in [3.63, 3.8) is 0 Å². The van der Waals surface area contributed by atoms with Crippen molar-refractivity contribution in [1.29, 1.82) is 0 Å². The molecule has 0 aromatic carbocycles. The Hall–Kier alpha value is -1.64. The minimum Gasteiger partial charge on any atom is -0.328 e. The molecule has 0 bridgehead atoms. The standard InChI is InChI=1S/C13H15N3/c1-10-3-2-8-16-12(10)9-15-13(16)11-4-6-14-7-5-11/h4-7,9-10H,2-3,8H2,1H3. The Balaban J connectivity index is 2.10. The van der Waals surface area contributed by atoms with Crippen molar-refractivity contribution < 1.29 is 0 Å². The van der Waals surface area contributed by atoms with E-state index in [4.69, 9.17) is 0 Å². The van der Waals surface area contributed by atoms with Crippen LogP contribution in [0.25, 0.3) is 11.4 Å². The molecule has 0 amide bonds. The molecular weight excluding hydrogens is 198 g/mol. The van der Waals surface area contributed by atoms with Gasteiger partial charge in [-0.05, 0) is 30.9 Å². The fourth-order valence-corrected chi connectivity index (χ4v) is 2.45. The molecule has 0 aliphatic carbocycles. The highest BCUT2D eigenvalue weighted by Crippen LogP contribution is 2.30. The number of nitrogens with zero attached hydrogens (tertiary/aromatic N) is 3. The molecule has 2 aromatic heterocycles. The maximum atomic E-state index is 4.55. The molecule has 1 aliphatic heterocycles. The van der Waals surface area contributed by atoms with Gasteiger partial charge in [-0.3, -0.25) is 4.98 Å². The Morgan fingerprint density at radius 1 is 1.31 bits per heavy atom. The molecule has 0 fully saturated rings. The molecule has 82 valence electrons. The van der Waals surface area contributed by atoms with Gasteiger partial charge in [0.05, 0.1) is 0 Å². The zero-order valence-electron chi connectivity index (χ0n) is 9.43. The number of pyridine rings is 1. The van der Waals surface area contributed by atoms with Gasteiger partial charge >= 0.3 is 0 Å². The predicted octanol–water partition coefficient (Wildman–Crippen LogP) is 2.84. The smallest absolute Gasteiger partial charge is 0.140 e. The highest BCUT2D eigenvalue weighted by atomic mass is 15.1. The van der Waals surface area contributed by atoms with E-state index in [-0.39, 0.29) is 0 Å². The molecule has 0 saturated heterocycles. The molecule has 1 unspecified atom stereocenters. The summed E-state index contributed by atoms with van der Waals surface area (Å²) < 4.78 is 2.35. The second kappa shape index (κ2) is 3.74. The SMILES string of the molecule is CC1CCCn2c1cnc2-c1ccncc1. The fraction of sp³-hybridized carbons (Fsp3) is 0.385. The van der Waals surface area contributed by atoms with Crippen molar-refractivity contribution in [1.82, 2.24) is 14.5 Å². The van der Waals surface area contributed by atoms with E-state index < -0.39 is 0 Å². The summed E-state index contributed by atoms with van der Waals surface area (Å²) in [5, 5.41) is 0. The van der Waals surface area contributed by atoms with Gasteiger partial charge in [0.1, 0.15) is 5.82 Å². The van der Waals surface area contributed by atoms with Gasteiger partial charge in [0, 0.05) is 36.4 Å². The third-order valence-electron chi connectivity index (χ3n) is 3.35. The number of hydrogen-bond donors (Lipinski definition) is 0. The average molecular weight is 213 g/mol. The first-order chi connectivity index (χ1) is 7.86. The lowest BCUT2D eigenvalue weighted by Gasteiger charge is -2.22. The van der Waals surface area contributed by atoms with Gasteiger partial charge in [0.15, 0.2) is 0 Å². The number of hydrogen-bond acceptors (Lipinski definition) is 2. The first-order valence-corrected chi connectivity index (χ1v) is 5.82. The van der Waals surface area contributed by atoms with Gasteiger partial charge < -0.3 is 4.57 Å². The zero-order valence-corrected chi connectivity index (χ0v) is 9.43. The van der Waals surface area contributed by atoms with E-state index in [0.29, 0.717) is 5.92 Å². The summed E-state index contributed by atoms with van der Waals surface area (Å²) in [6.45, 7) is 3.38. The molecule has 2 aromatic rings. The van der Waals surface area contributed by atoms with Crippen LogP contribution in [-0.2, 0) is 6.54 Å². The lowest BCUT2D eigenvalue weighted by molar-refractivity contribution is 0.478. The minimum atomic E-state index is 0.636. The summed E-state index contributed by atoms with van der Waals surface area (Å²) in [6, 6.07) is 4.05. The van der Waals surface area contributed by atoms with Crippen LogP contribution in [-0.4, -0.2) is 14.5 Å². The van der Waals surface area contributed by atoms with Gasteiger partial charge in [-0.2, -0.15) is 0 Å². The lowest BCUT2D eigenvalue weighted by Crippen LogP contribution is -2.13. The Bertz CT molecular complexity index is 487. The molecule has 0 spiro atoms. The van der Waals surface area contributed by atoms with E-state index in [1.54, 1.807) is 0 Å². The number of imidazole rings is 1. The molecule has 1 atom stereocenters. The number of aromatic nitrogens is 3. The average Bonchev–Trinajstić information content (AvgIpc) is 2.75. The minimum absolute atomic E-state index is 0.636. The van der Waals surface area contributed by atoms with E-state index in [1.165, 1.54) is 18.5 Å². The molecule has 0 radical (unpaired) electrons. The van der Waals surface area contributed by atoms with Crippen LogP contribution in [0.3, 0.4) is 0 Å². The fourth-order valence-electron chi connectivity index (χ4n) is 2.45. The molecule has 3 rings (SSSR count). The van der Waals surface area contributed by atoms with Crippen LogP contribution in [0.2, 0.25) is 0 Å². The first kappa shape index (κ1) is 9.58. The molecular formula is C13H15N3. The summed E-state index contributed by atoms with van der Waals surface area (Å²) in [5.41, 5.74) is 2.54. The van der Waals surface area contributed by atoms with Crippen LogP contribution in [0.5, 0.6) is 0 Å². The van der Waals surface area contributed by atoms with Crippen LogP contribution < -0.4 is 0 Å². The molecule has 3 nitrogen and oxygen atoms in total. The molecule has 0 N–H and O–H groups in total. The lowest BCUT2D eigenvalue weighted by atomic mass is 9.98. The van der Waals surface area contributed by atoms with Gasteiger partial charge in [0.25, 0.3) is 0 Å². The van der Waals surface area contributed by atoms with Gasteiger partial charge in [-0.1, -0.05) is 6.92 Å². The van der Waals surface area contributed by atoms with Crippen LogP contribution in [0.1, 0.15) is 31.4 Å². The highest BCUT2D eigenvalue weighted by molar-refractivity contribution is 5.55. The van der Waals surface area contributed by atoms with Crippen molar-refractivity contribution in [3.8, 4) is 11.4 Å². The molecule has 3 heterocycles. The Morgan fingerprint density at radius 2 is 2.12 bits per heavy atom. The number of fused-ring (bicyclic) bond motifs is 1. The van der Waals surface area contributed by atoms with Crippen molar-refractivity contribution in [2.75, 3.05) is 0 Å². The Labute approximate surface area is 95.2 Å². The summed E-state index contributed by atoms with van der Waals surface area (Å²) in [7, 11) is 0. The highest BCUT2D eigenvalue weighted by Gasteiger charge is 2.20. The van der Waals surface area contributed by atoms with Crippen LogP contribution in [0, 0.1) is 0 Å². The van der Waals surface area contributed by atoms with Crippen molar-refractivity contribution in [3.05, 3.63) is 36.4 Å². The van der Waals surface area contributed by atoms with Crippen molar-refractivity contribution >= 4 is 0 Å². The summed E-state index contributed by atoms with van der Waals surface area (Å²) in [4.78, 5) is 8.60. The third-order valence-corrected chi connectivity index (χ3v) is 3.35. The van der Waals surface area contributed by atoms with Gasteiger partial charge in [0.2, 0.25) is 0 Å². The van der Waals surface area contributed by atoms with Crippen LogP contribution >= 0.6 is 0 Å². The first-order valence-electron chi connectivity index (χ1n) is 5.82. The van der Waals surface area contributed by atoms with Crippen molar-refractivity contribution in [2.24, 2.45) is 0 Å². The maximum absolute atomic E-state index is 4.55. The second-order valence-electron chi connectivity index (χ2n) is 4.44. The second-order valence-corrected chi connectivity index (χ2v) is 4.44. The monoisotopic (exact) mass is 213 g/mol. The van der Waals surface area contributed by atoms with Crippen LogP contribution in [0.4, 0.5) is 0 Å². The molecule has 0 saturated carbocycles. The normalized spacial score (nSPS) is 19.4.